The second kappa shape index (κ2) is 7.14. The second-order valence-electron chi connectivity index (χ2n) is 7.89. The lowest BCUT2D eigenvalue weighted by molar-refractivity contribution is -0.137. The van der Waals surface area contributed by atoms with Crippen molar-refractivity contribution in [1.82, 2.24) is 19.7 Å². The van der Waals surface area contributed by atoms with Crippen molar-refractivity contribution in [3.63, 3.8) is 0 Å². The van der Waals surface area contributed by atoms with Crippen molar-refractivity contribution >= 4 is 16.9 Å². The number of fused-ring (bicyclic) bond motifs is 2. The number of hydrogen-bond acceptors (Lipinski definition) is 6. The van der Waals surface area contributed by atoms with Crippen molar-refractivity contribution in [1.29, 1.82) is 0 Å². The zero-order valence-corrected chi connectivity index (χ0v) is 16.3. The number of rotatable bonds is 5. The Morgan fingerprint density at radius 3 is 2.71 bits per heavy atom. The first-order valence-corrected chi connectivity index (χ1v) is 10.5. The van der Waals surface area contributed by atoms with Crippen LogP contribution in [-0.4, -0.2) is 25.0 Å². The molecule has 2 fully saturated rings. The number of allylic oxidation sites excluding steroid dienone is 1. The molecule has 7 heteroatoms. The summed E-state index contributed by atoms with van der Waals surface area (Å²) in [7, 11) is 0. The lowest BCUT2D eigenvalue weighted by Crippen LogP contribution is -2.16. The Kier molecular flexibility index (Phi) is 4.49. The molecular formula is C21H22N4O2S. The zero-order chi connectivity index (χ0) is 19.1. The minimum Gasteiger partial charge on any atom is -0.339 e. The summed E-state index contributed by atoms with van der Waals surface area (Å²) in [6.45, 7) is 4.36. The highest BCUT2D eigenvalue weighted by molar-refractivity contribution is 7.15. The van der Waals surface area contributed by atoms with Gasteiger partial charge in [0.05, 0.1) is 17.6 Å². The van der Waals surface area contributed by atoms with Gasteiger partial charge in [0.1, 0.15) is 5.01 Å². The van der Waals surface area contributed by atoms with E-state index >= 15 is 0 Å². The van der Waals surface area contributed by atoms with Crippen molar-refractivity contribution in [2.24, 2.45) is 17.8 Å². The van der Waals surface area contributed by atoms with Gasteiger partial charge in [-0.1, -0.05) is 30.8 Å². The number of benzene rings is 1. The van der Waals surface area contributed by atoms with E-state index in [0.717, 1.165) is 33.1 Å². The Bertz CT molecular complexity index is 986. The molecule has 0 amide bonds. The Hall–Kier alpha value is -2.51. The van der Waals surface area contributed by atoms with Crippen LogP contribution in [0, 0.1) is 17.8 Å². The van der Waals surface area contributed by atoms with Gasteiger partial charge >= 0.3 is 0 Å². The fraction of sp³-hybridized carbons (Fsp3) is 0.381. The van der Waals surface area contributed by atoms with E-state index in [1.807, 2.05) is 22.9 Å². The van der Waals surface area contributed by atoms with E-state index in [4.69, 9.17) is 0 Å². The van der Waals surface area contributed by atoms with Gasteiger partial charge < -0.3 is 9.45 Å². The summed E-state index contributed by atoms with van der Waals surface area (Å²) in [6.07, 6.45) is 11.8. The third kappa shape index (κ3) is 3.14. The van der Waals surface area contributed by atoms with Gasteiger partial charge in [0.2, 0.25) is 0 Å². The zero-order valence-electron chi connectivity index (χ0n) is 15.5. The summed E-state index contributed by atoms with van der Waals surface area (Å²) in [6, 6.07) is 5.58. The molecule has 2 bridgehead atoms. The molecule has 5 rings (SSSR count). The quantitative estimate of drug-likeness (QED) is 0.482. The molecule has 2 heterocycles. The molecule has 0 radical (unpaired) electrons. The third-order valence-corrected chi connectivity index (χ3v) is 7.21. The molecule has 3 atom stereocenters. The molecule has 2 saturated carbocycles. The topological polar surface area (TPSA) is 73.1 Å². The van der Waals surface area contributed by atoms with E-state index < -0.39 is 0 Å². The Morgan fingerprint density at radius 1 is 1.18 bits per heavy atom. The summed E-state index contributed by atoms with van der Waals surface area (Å²) in [5, 5.41) is 19.8. The molecule has 2 aromatic heterocycles. The summed E-state index contributed by atoms with van der Waals surface area (Å²) >= 11 is 1.51. The number of aromatic nitrogens is 4. The maximum absolute atomic E-state index is 9.40. The van der Waals surface area contributed by atoms with Crippen molar-refractivity contribution in [2.75, 3.05) is 0 Å². The smallest absolute Gasteiger partial charge is 0.177 e. The highest BCUT2D eigenvalue weighted by Gasteiger charge is 2.36. The van der Waals surface area contributed by atoms with Crippen LogP contribution in [0.1, 0.15) is 37.1 Å². The van der Waals surface area contributed by atoms with E-state index in [-0.39, 0.29) is 0 Å². The molecule has 3 aromatic rings. The molecule has 28 heavy (non-hydrogen) atoms. The Morgan fingerprint density at radius 2 is 2.00 bits per heavy atom. The molecular weight excluding hydrogens is 372 g/mol. The largest absolute Gasteiger partial charge is 0.339 e. The van der Waals surface area contributed by atoms with Crippen LogP contribution in [0.2, 0.25) is 0 Å². The molecule has 144 valence electrons. The number of nitrogens with zero attached hydrogens (tertiary/aromatic N) is 4. The predicted octanol–water partition coefficient (Wildman–Crippen LogP) is 5.08. The molecule has 0 spiro atoms. The lowest BCUT2D eigenvalue weighted by atomic mass is 9.78. The van der Waals surface area contributed by atoms with Gasteiger partial charge in [0.15, 0.2) is 10.8 Å². The van der Waals surface area contributed by atoms with Gasteiger partial charge in [-0.3, -0.25) is 0 Å². The molecule has 1 N–H and O–H groups in total. The van der Waals surface area contributed by atoms with Crippen LogP contribution < -0.4 is 4.89 Å². The molecule has 2 aliphatic carbocycles. The van der Waals surface area contributed by atoms with Gasteiger partial charge in [0.25, 0.3) is 0 Å². The molecule has 0 saturated heterocycles. The number of hydrogen-bond donors (Lipinski definition) is 1. The fourth-order valence-corrected chi connectivity index (χ4v) is 5.69. The Balaban J connectivity index is 1.40. The van der Waals surface area contributed by atoms with Gasteiger partial charge in [-0.05, 0) is 54.7 Å². The monoisotopic (exact) mass is 394 g/mol. The first-order chi connectivity index (χ1) is 13.7. The van der Waals surface area contributed by atoms with E-state index in [1.165, 1.54) is 43.4 Å². The van der Waals surface area contributed by atoms with Crippen molar-refractivity contribution in [3.8, 4) is 22.0 Å². The molecule has 0 aliphatic heterocycles. The summed E-state index contributed by atoms with van der Waals surface area (Å²) in [5.41, 5.74) is 2.67. The summed E-state index contributed by atoms with van der Waals surface area (Å²) in [4.78, 5) is 8.69. The summed E-state index contributed by atoms with van der Waals surface area (Å²) in [5.74, 6) is 2.58. The fourth-order valence-electron chi connectivity index (χ4n) is 4.76. The first kappa shape index (κ1) is 17.6. The van der Waals surface area contributed by atoms with Gasteiger partial charge in [-0.25, -0.2) is 10.2 Å². The van der Waals surface area contributed by atoms with Crippen LogP contribution in [0.15, 0.2) is 43.5 Å². The average Bonchev–Trinajstić information content (AvgIpc) is 3.48. The maximum Gasteiger partial charge on any atom is 0.177 e. The molecule has 0 unspecified atom stereocenters. The van der Waals surface area contributed by atoms with Crippen LogP contribution in [0.4, 0.5) is 0 Å². The highest BCUT2D eigenvalue weighted by atomic mass is 32.1. The standard InChI is InChI=1S/C21H22N4O2S/c1-13(16-9-14-2-3-15(8-14)10-16)20-23-24-21(28-20)18-5-4-17(11-19(18)27-26)25-7-6-22-12-25/h4-7,11-12,14-16,26H,1-3,8-10H2/t14-,15+,16+. The van der Waals surface area contributed by atoms with Crippen LogP contribution in [-0.2, 0) is 0 Å². The van der Waals surface area contributed by atoms with Gasteiger partial charge in [-0.15, -0.1) is 10.2 Å². The minimum absolute atomic E-state index is 0.343. The van der Waals surface area contributed by atoms with E-state index in [0.29, 0.717) is 17.2 Å². The highest BCUT2D eigenvalue weighted by Crippen LogP contribution is 2.48. The normalized spacial score (nSPS) is 23.7. The lowest BCUT2D eigenvalue weighted by Gasteiger charge is -2.28. The van der Waals surface area contributed by atoms with Crippen molar-refractivity contribution < 1.29 is 10.1 Å². The summed E-state index contributed by atoms with van der Waals surface area (Å²) < 4.78 is 1.84. The van der Waals surface area contributed by atoms with Crippen molar-refractivity contribution in [2.45, 2.75) is 32.1 Å². The van der Waals surface area contributed by atoms with Crippen LogP contribution in [0.25, 0.3) is 21.8 Å². The van der Waals surface area contributed by atoms with Gasteiger partial charge in [-0.2, -0.15) is 0 Å². The molecule has 2 aliphatic rings. The van der Waals surface area contributed by atoms with E-state index in [9.17, 15) is 5.26 Å². The van der Waals surface area contributed by atoms with Crippen LogP contribution in [0.5, 0.6) is 5.75 Å². The second-order valence-corrected chi connectivity index (χ2v) is 8.87. The Labute approximate surface area is 167 Å². The SMILES string of the molecule is C=C(c1nnc(-c2ccc(-n3ccnc3)cc2OO)s1)[C@H]1C[C@@H]2CC[C@@H](C2)C1. The van der Waals surface area contributed by atoms with E-state index in [1.54, 1.807) is 18.6 Å². The minimum atomic E-state index is 0.343. The molecule has 6 nitrogen and oxygen atoms in total. The predicted molar refractivity (Wildman–Crippen MR) is 108 cm³/mol. The maximum atomic E-state index is 9.40. The van der Waals surface area contributed by atoms with Gasteiger partial charge in [0, 0.05) is 18.5 Å². The third-order valence-electron chi connectivity index (χ3n) is 6.17. The van der Waals surface area contributed by atoms with Crippen LogP contribution >= 0.6 is 11.3 Å². The number of imidazole rings is 1. The average molecular weight is 395 g/mol. The molecule has 1 aromatic carbocycles. The van der Waals surface area contributed by atoms with E-state index in [2.05, 4.69) is 26.6 Å². The first-order valence-electron chi connectivity index (χ1n) is 9.68. The van der Waals surface area contributed by atoms with Crippen LogP contribution in [0.3, 0.4) is 0 Å². The van der Waals surface area contributed by atoms with Crippen molar-refractivity contribution in [3.05, 3.63) is 48.5 Å².